The fourth-order valence-electron chi connectivity index (χ4n) is 2.01. The lowest BCUT2D eigenvalue weighted by atomic mass is 10.1. The van der Waals surface area contributed by atoms with Crippen molar-refractivity contribution >= 4 is 11.9 Å². The number of nitrogens with one attached hydrogen (secondary N) is 1. The van der Waals surface area contributed by atoms with Crippen LogP contribution in [0.1, 0.15) is 32.0 Å². The van der Waals surface area contributed by atoms with Gasteiger partial charge in [-0.25, -0.2) is 4.79 Å². The van der Waals surface area contributed by atoms with Gasteiger partial charge in [0.2, 0.25) is 0 Å². The molecule has 0 atom stereocenters. The quantitative estimate of drug-likeness (QED) is 0.729. The maximum Gasteiger partial charge on any atom is 0.410 e. The highest BCUT2D eigenvalue weighted by Crippen LogP contribution is 2.20. The summed E-state index contributed by atoms with van der Waals surface area (Å²) >= 11 is 0. The van der Waals surface area contributed by atoms with E-state index in [0.29, 0.717) is 25.3 Å². The Kier molecular flexibility index (Phi) is 3.19. The fraction of sp³-hybridized carbons (Fsp3) is 0.667. The summed E-state index contributed by atoms with van der Waals surface area (Å²) in [5.41, 5.74) is 7.33. The van der Waals surface area contributed by atoms with Crippen molar-refractivity contribution in [1.82, 2.24) is 15.1 Å². The molecule has 100 valence electrons. The minimum atomic E-state index is -0.462. The molecule has 18 heavy (non-hydrogen) atoms. The van der Waals surface area contributed by atoms with Gasteiger partial charge < -0.3 is 15.4 Å². The van der Waals surface area contributed by atoms with Crippen LogP contribution in [0, 0.1) is 0 Å². The van der Waals surface area contributed by atoms with E-state index in [1.807, 2.05) is 20.8 Å². The minimum absolute atomic E-state index is 0.268. The van der Waals surface area contributed by atoms with E-state index in [2.05, 4.69) is 10.2 Å². The predicted molar refractivity (Wildman–Crippen MR) is 68.2 cm³/mol. The molecule has 0 saturated heterocycles. The number of hydrogen-bond acceptors (Lipinski definition) is 4. The number of amides is 1. The summed E-state index contributed by atoms with van der Waals surface area (Å²) in [5.74, 6) is 0.607. The second-order valence-electron chi connectivity index (χ2n) is 5.53. The molecule has 1 aliphatic rings. The maximum absolute atomic E-state index is 12.0. The number of nitrogens with two attached hydrogens (primary N) is 1. The molecule has 0 aliphatic carbocycles. The van der Waals surface area contributed by atoms with Crippen LogP contribution in [-0.2, 0) is 17.6 Å². The molecule has 3 N–H and O–H groups in total. The first-order valence-electron chi connectivity index (χ1n) is 6.16. The van der Waals surface area contributed by atoms with Crippen molar-refractivity contribution in [2.24, 2.45) is 0 Å². The molecule has 1 amide bonds. The average Bonchev–Trinajstić information content (AvgIpc) is 2.48. The Bertz CT molecular complexity index is 447. The topological polar surface area (TPSA) is 84.2 Å². The Morgan fingerprint density at radius 3 is 2.72 bits per heavy atom. The summed E-state index contributed by atoms with van der Waals surface area (Å²) < 4.78 is 5.37. The van der Waals surface area contributed by atoms with Gasteiger partial charge in [-0.1, -0.05) is 0 Å². The molecule has 0 fully saturated rings. The Morgan fingerprint density at radius 1 is 1.39 bits per heavy atom. The summed E-state index contributed by atoms with van der Waals surface area (Å²) in [4.78, 5) is 13.7. The molecule has 1 aromatic heterocycles. The van der Waals surface area contributed by atoms with E-state index < -0.39 is 5.60 Å². The number of aromatic amines is 1. The Hall–Kier alpha value is -1.72. The molecule has 0 spiro atoms. The van der Waals surface area contributed by atoms with Crippen LogP contribution in [0.25, 0.3) is 0 Å². The van der Waals surface area contributed by atoms with Crippen LogP contribution in [0.3, 0.4) is 0 Å². The number of anilines is 1. The third-order valence-electron chi connectivity index (χ3n) is 2.89. The first-order chi connectivity index (χ1) is 8.37. The highest BCUT2D eigenvalue weighted by Gasteiger charge is 2.25. The average molecular weight is 252 g/mol. The molecule has 0 radical (unpaired) electrons. The van der Waals surface area contributed by atoms with Crippen molar-refractivity contribution in [3.8, 4) is 0 Å². The van der Waals surface area contributed by atoms with Crippen molar-refractivity contribution in [2.45, 2.75) is 39.2 Å². The van der Waals surface area contributed by atoms with Crippen LogP contribution in [0.4, 0.5) is 10.6 Å². The van der Waals surface area contributed by atoms with Gasteiger partial charge in [-0.05, 0) is 27.2 Å². The van der Waals surface area contributed by atoms with Crippen molar-refractivity contribution in [3.63, 3.8) is 0 Å². The molecule has 0 saturated carbocycles. The number of nitrogen functional groups attached to an aromatic ring is 1. The molecule has 6 nitrogen and oxygen atoms in total. The number of H-pyrrole nitrogens is 1. The molecule has 6 heteroatoms. The summed E-state index contributed by atoms with van der Waals surface area (Å²) in [6, 6.07) is 0. The normalized spacial score (nSPS) is 16.1. The van der Waals surface area contributed by atoms with E-state index in [9.17, 15) is 4.79 Å². The van der Waals surface area contributed by atoms with Gasteiger partial charge in [0.15, 0.2) is 0 Å². The van der Waals surface area contributed by atoms with Gasteiger partial charge in [-0.15, -0.1) is 0 Å². The van der Waals surface area contributed by atoms with E-state index in [-0.39, 0.29) is 6.09 Å². The summed E-state index contributed by atoms with van der Waals surface area (Å²) in [5, 5.41) is 6.94. The number of ether oxygens (including phenoxy) is 1. The van der Waals surface area contributed by atoms with E-state index in [0.717, 1.165) is 17.7 Å². The number of carbonyl (C=O) groups is 1. The van der Waals surface area contributed by atoms with E-state index in [4.69, 9.17) is 10.5 Å². The molecule has 0 unspecified atom stereocenters. The first-order valence-corrected chi connectivity index (χ1v) is 6.16. The number of carbonyl (C=O) groups excluding carboxylic acids is 1. The summed E-state index contributed by atoms with van der Waals surface area (Å²) in [7, 11) is 0. The highest BCUT2D eigenvalue weighted by atomic mass is 16.6. The lowest BCUT2D eigenvalue weighted by Gasteiger charge is -2.26. The molecular weight excluding hydrogens is 232 g/mol. The van der Waals surface area contributed by atoms with Crippen LogP contribution >= 0.6 is 0 Å². The van der Waals surface area contributed by atoms with Gasteiger partial charge in [0.05, 0.1) is 5.69 Å². The molecule has 1 aromatic rings. The number of nitrogens with zero attached hydrogens (tertiary/aromatic N) is 2. The molecule has 2 rings (SSSR count). The summed E-state index contributed by atoms with van der Waals surface area (Å²) in [6.07, 6.45) is 1.16. The number of rotatable bonds is 0. The number of hydrogen-bond donors (Lipinski definition) is 2. The standard InChI is InChI=1S/C12H20N4O2/c1-12(2,3)18-11(17)16-6-4-8-9(5-7-16)14-15-10(8)13/h4-7H2,1-3H3,(H3,13,14,15). The van der Waals surface area contributed by atoms with E-state index >= 15 is 0 Å². The zero-order valence-electron chi connectivity index (χ0n) is 11.1. The van der Waals surface area contributed by atoms with Gasteiger partial charge in [0, 0.05) is 25.1 Å². The van der Waals surface area contributed by atoms with Gasteiger partial charge in [0.1, 0.15) is 11.4 Å². The minimum Gasteiger partial charge on any atom is -0.444 e. The number of aromatic nitrogens is 2. The van der Waals surface area contributed by atoms with Crippen molar-refractivity contribution < 1.29 is 9.53 Å². The lowest BCUT2D eigenvalue weighted by molar-refractivity contribution is 0.0258. The Labute approximate surface area is 106 Å². The monoisotopic (exact) mass is 252 g/mol. The van der Waals surface area contributed by atoms with E-state index in [1.165, 1.54) is 0 Å². The second kappa shape index (κ2) is 4.51. The SMILES string of the molecule is CC(C)(C)OC(=O)N1CCc2n[nH]c(N)c2CC1. The maximum atomic E-state index is 12.0. The zero-order chi connectivity index (χ0) is 13.3. The van der Waals surface area contributed by atoms with Crippen LogP contribution in [-0.4, -0.2) is 39.9 Å². The fourth-order valence-corrected chi connectivity index (χ4v) is 2.01. The van der Waals surface area contributed by atoms with Gasteiger partial charge in [-0.3, -0.25) is 5.10 Å². The first kappa shape index (κ1) is 12.7. The Morgan fingerprint density at radius 2 is 2.06 bits per heavy atom. The van der Waals surface area contributed by atoms with Crippen LogP contribution in [0.5, 0.6) is 0 Å². The van der Waals surface area contributed by atoms with Gasteiger partial charge in [-0.2, -0.15) is 5.10 Å². The molecule has 0 aromatic carbocycles. The number of fused-ring (bicyclic) bond motifs is 1. The van der Waals surface area contributed by atoms with Crippen LogP contribution in [0.2, 0.25) is 0 Å². The smallest absolute Gasteiger partial charge is 0.410 e. The largest absolute Gasteiger partial charge is 0.444 e. The van der Waals surface area contributed by atoms with Crippen molar-refractivity contribution in [3.05, 3.63) is 11.3 Å². The third-order valence-corrected chi connectivity index (χ3v) is 2.89. The van der Waals surface area contributed by atoms with Gasteiger partial charge in [0.25, 0.3) is 0 Å². The molecular formula is C12H20N4O2. The predicted octanol–water partition coefficient (Wildman–Crippen LogP) is 1.33. The van der Waals surface area contributed by atoms with Gasteiger partial charge >= 0.3 is 6.09 Å². The molecule has 2 heterocycles. The summed E-state index contributed by atoms with van der Waals surface area (Å²) in [6.45, 7) is 6.84. The molecule has 1 aliphatic heterocycles. The molecule has 0 bridgehead atoms. The van der Waals surface area contributed by atoms with Crippen LogP contribution < -0.4 is 5.73 Å². The highest BCUT2D eigenvalue weighted by molar-refractivity contribution is 5.68. The van der Waals surface area contributed by atoms with Crippen molar-refractivity contribution in [2.75, 3.05) is 18.8 Å². The van der Waals surface area contributed by atoms with Crippen molar-refractivity contribution in [1.29, 1.82) is 0 Å². The Balaban J connectivity index is 2.02. The van der Waals surface area contributed by atoms with Crippen LogP contribution in [0.15, 0.2) is 0 Å². The third kappa shape index (κ3) is 2.75. The lowest BCUT2D eigenvalue weighted by Crippen LogP contribution is -2.38. The second-order valence-corrected chi connectivity index (χ2v) is 5.53. The zero-order valence-corrected chi connectivity index (χ0v) is 11.1. The van der Waals surface area contributed by atoms with E-state index in [1.54, 1.807) is 4.90 Å².